The van der Waals surface area contributed by atoms with Crippen LogP contribution in [0.3, 0.4) is 0 Å². The molecule has 3 nitrogen and oxygen atoms in total. The smallest absolute Gasteiger partial charge is 0.228 e. The van der Waals surface area contributed by atoms with Crippen LogP contribution in [0.25, 0.3) is 11.0 Å². The molecule has 2 aromatic carbocycles. The average molecular weight is 305 g/mol. The highest BCUT2D eigenvalue weighted by molar-refractivity contribution is 6.35. The van der Waals surface area contributed by atoms with Gasteiger partial charge < -0.3 is 9.15 Å². The minimum absolute atomic E-state index is 0.0826. The Bertz CT molecular complexity index is 839. The molecule has 0 N–H and O–H groups in total. The summed E-state index contributed by atoms with van der Waals surface area (Å²) in [7, 11) is 1.36. The lowest BCUT2D eigenvalue weighted by Crippen LogP contribution is -2.01. The molecule has 0 radical (unpaired) electrons. The molecule has 0 spiro atoms. The maximum Gasteiger partial charge on any atom is 0.228 e. The number of hydrogen-bond acceptors (Lipinski definition) is 3. The maximum absolute atomic E-state index is 13.7. The van der Waals surface area contributed by atoms with Crippen LogP contribution in [0.4, 0.5) is 4.39 Å². The number of fused-ring (bicyclic) bond motifs is 1. The molecule has 0 saturated heterocycles. The lowest BCUT2D eigenvalue weighted by atomic mass is 10.1. The zero-order chi connectivity index (χ0) is 15.0. The summed E-state index contributed by atoms with van der Waals surface area (Å²) in [4.78, 5) is 12.3. The molecule has 5 heteroatoms. The van der Waals surface area contributed by atoms with Gasteiger partial charge in [0.05, 0.1) is 12.1 Å². The van der Waals surface area contributed by atoms with E-state index in [1.165, 1.54) is 19.2 Å². The highest BCUT2D eigenvalue weighted by Crippen LogP contribution is 2.28. The van der Waals surface area contributed by atoms with Crippen LogP contribution in [0.15, 0.2) is 46.9 Å². The monoisotopic (exact) mass is 304 g/mol. The number of carbonyl (C=O) groups excluding carboxylic acids is 1. The van der Waals surface area contributed by atoms with Crippen molar-refractivity contribution in [2.45, 2.75) is 0 Å². The minimum atomic E-state index is -0.600. The Kier molecular flexibility index (Phi) is 3.39. The maximum atomic E-state index is 13.7. The van der Waals surface area contributed by atoms with Crippen molar-refractivity contribution in [3.63, 3.8) is 0 Å². The fraction of sp³-hybridized carbons (Fsp3) is 0.0625. The number of ketones is 1. The SMILES string of the molecule is COc1ccc(C(=O)c2cc3c(Cl)cccc3o2)cc1F. The summed E-state index contributed by atoms with van der Waals surface area (Å²) in [5.41, 5.74) is 0.698. The largest absolute Gasteiger partial charge is 0.494 e. The average Bonchev–Trinajstić information content (AvgIpc) is 2.92. The van der Waals surface area contributed by atoms with E-state index in [9.17, 15) is 9.18 Å². The molecule has 3 rings (SSSR count). The predicted molar refractivity (Wildman–Crippen MR) is 77.6 cm³/mol. The van der Waals surface area contributed by atoms with Crippen LogP contribution in [-0.2, 0) is 0 Å². The molecule has 0 atom stereocenters. The van der Waals surface area contributed by atoms with Crippen molar-refractivity contribution in [2.75, 3.05) is 7.11 Å². The van der Waals surface area contributed by atoms with E-state index in [-0.39, 0.29) is 17.1 Å². The predicted octanol–water partition coefficient (Wildman–Crippen LogP) is 4.46. The van der Waals surface area contributed by atoms with Gasteiger partial charge in [0.25, 0.3) is 0 Å². The number of hydrogen-bond donors (Lipinski definition) is 0. The fourth-order valence-electron chi connectivity index (χ4n) is 2.09. The number of benzene rings is 2. The van der Waals surface area contributed by atoms with Crippen molar-refractivity contribution < 1.29 is 18.3 Å². The number of methoxy groups -OCH3 is 1. The first-order chi connectivity index (χ1) is 10.1. The third kappa shape index (κ3) is 2.38. The van der Waals surface area contributed by atoms with Gasteiger partial charge in [0, 0.05) is 10.9 Å². The lowest BCUT2D eigenvalue weighted by Gasteiger charge is -2.03. The first-order valence-corrected chi connectivity index (χ1v) is 6.54. The van der Waals surface area contributed by atoms with Crippen molar-refractivity contribution in [2.24, 2.45) is 0 Å². The topological polar surface area (TPSA) is 39.4 Å². The Morgan fingerprint density at radius 3 is 2.71 bits per heavy atom. The van der Waals surface area contributed by atoms with Crippen LogP contribution in [0.1, 0.15) is 16.1 Å². The molecule has 0 fully saturated rings. The zero-order valence-corrected chi connectivity index (χ0v) is 11.8. The van der Waals surface area contributed by atoms with E-state index in [1.54, 1.807) is 24.3 Å². The molecule has 106 valence electrons. The van der Waals surface area contributed by atoms with Gasteiger partial charge in [-0.1, -0.05) is 17.7 Å². The van der Waals surface area contributed by atoms with Gasteiger partial charge in [0.1, 0.15) is 5.58 Å². The molecule has 0 unspecified atom stereocenters. The molecule has 3 aromatic rings. The molecule has 0 aliphatic carbocycles. The molecule has 1 aromatic heterocycles. The van der Waals surface area contributed by atoms with Gasteiger partial charge in [-0.25, -0.2) is 4.39 Å². The Labute approximate surface area is 124 Å². The summed E-state index contributed by atoms with van der Waals surface area (Å²) < 4.78 is 24.0. The fourth-order valence-corrected chi connectivity index (χ4v) is 2.31. The van der Waals surface area contributed by atoms with Gasteiger partial charge in [0.15, 0.2) is 17.3 Å². The normalized spacial score (nSPS) is 10.8. The zero-order valence-electron chi connectivity index (χ0n) is 11.0. The minimum Gasteiger partial charge on any atom is -0.494 e. The van der Waals surface area contributed by atoms with Crippen molar-refractivity contribution in [3.05, 3.63) is 64.6 Å². The summed E-state index contributed by atoms with van der Waals surface area (Å²) in [6, 6.07) is 10.7. The van der Waals surface area contributed by atoms with E-state index in [4.69, 9.17) is 20.8 Å². The van der Waals surface area contributed by atoms with Crippen LogP contribution in [0, 0.1) is 5.82 Å². The van der Waals surface area contributed by atoms with E-state index in [0.29, 0.717) is 16.0 Å². The molecule has 0 bridgehead atoms. The van der Waals surface area contributed by atoms with Gasteiger partial charge in [-0.2, -0.15) is 0 Å². The van der Waals surface area contributed by atoms with Crippen LogP contribution >= 0.6 is 11.6 Å². The third-order valence-electron chi connectivity index (χ3n) is 3.15. The molecule has 0 saturated carbocycles. The van der Waals surface area contributed by atoms with Crippen molar-refractivity contribution in [3.8, 4) is 5.75 Å². The van der Waals surface area contributed by atoms with Gasteiger partial charge >= 0.3 is 0 Å². The third-order valence-corrected chi connectivity index (χ3v) is 3.48. The number of rotatable bonds is 3. The van der Waals surface area contributed by atoms with Crippen LogP contribution in [0.5, 0.6) is 5.75 Å². The summed E-state index contributed by atoms with van der Waals surface area (Å²) in [5, 5.41) is 1.15. The summed E-state index contributed by atoms with van der Waals surface area (Å²) in [5.74, 6) is -0.816. The Morgan fingerprint density at radius 2 is 2.05 bits per heavy atom. The molecule has 0 aliphatic heterocycles. The standard InChI is InChI=1S/C16H10ClFO3/c1-20-14-6-5-9(7-12(14)18)16(19)15-8-10-11(17)3-2-4-13(10)21-15/h2-8H,1H3. The van der Waals surface area contributed by atoms with E-state index in [1.807, 2.05) is 0 Å². The summed E-state index contributed by atoms with van der Waals surface area (Å²) >= 11 is 6.04. The van der Waals surface area contributed by atoms with E-state index in [2.05, 4.69) is 0 Å². The molecule has 0 aliphatic rings. The highest BCUT2D eigenvalue weighted by atomic mass is 35.5. The van der Waals surface area contributed by atoms with Crippen LogP contribution in [-0.4, -0.2) is 12.9 Å². The first-order valence-electron chi connectivity index (χ1n) is 6.16. The van der Waals surface area contributed by atoms with Crippen LogP contribution in [0.2, 0.25) is 5.02 Å². The van der Waals surface area contributed by atoms with Gasteiger partial charge in [-0.05, 0) is 36.4 Å². The Morgan fingerprint density at radius 1 is 1.24 bits per heavy atom. The number of carbonyl (C=O) groups is 1. The summed E-state index contributed by atoms with van der Waals surface area (Å²) in [6.45, 7) is 0. The van der Waals surface area contributed by atoms with E-state index >= 15 is 0 Å². The van der Waals surface area contributed by atoms with Crippen molar-refractivity contribution in [1.82, 2.24) is 0 Å². The number of furan rings is 1. The van der Waals surface area contributed by atoms with Crippen LogP contribution < -0.4 is 4.74 Å². The Hall–Kier alpha value is -2.33. The lowest BCUT2D eigenvalue weighted by molar-refractivity contribution is 0.101. The van der Waals surface area contributed by atoms with Gasteiger partial charge in [-0.3, -0.25) is 4.79 Å². The second-order valence-electron chi connectivity index (χ2n) is 4.44. The van der Waals surface area contributed by atoms with Gasteiger partial charge in [0.2, 0.25) is 5.78 Å². The van der Waals surface area contributed by atoms with E-state index in [0.717, 1.165) is 6.07 Å². The van der Waals surface area contributed by atoms with Crippen molar-refractivity contribution in [1.29, 1.82) is 0 Å². The second-order valence-corrected chi connectivity index (χ2v) is 4.85. The molecular weight excluding hydrogens is 295 g/mol. The first kappa shape index (κ1) is 13.6. The number of halogens is 2. The molecule has 21 heavy (non-hydrogen) atoms. The van der Waals surface area contributed by atoms with Gasteiger partial charge in [-0.15, -0.1) is 0 Å². The quantitative estimate of drug-likeness (QED) is 0.670. The van der Waals surface area contributed by atoms with E-state index < -0.39 is 11.6 Å². The highest BCUT2D eigenvalue weighted by Gasteiger charge is 2.17. The molecular formula is C16H10ClFO3. The molecule has 1 heterocycles. The molecule has 0 amide bonds. The Balaban J connectivity index is 2.04. The second kappa shape index (κ2) is 5.22. The summed E-state index contributed by atoms with van der Waals surface area (Å²) in [6.07, 6.45) is 0. The van der Waals surface area contributed by atoms with Crippen molar-refractivity contribution >= 4 is 28.4 Å². The number of ether oxygens (including phenoxy) is 1.